The predicted molar refractivity (Wildman–Crippen MR) is 149 cm³/mol. The average molecular weight is 435 g/mol. The van der Waals surface area contributed by atoms with Crippen molar-refractivity contribution in [2.24, 2.45) is 0 Å². The molecule has 0 saturated heterocycles. The molecular formula is C34H26. The molecule has 7 rings (SSSR count). The lowest BCUT2D eigenvalue weighted by Gasteiger charge is -2.22. The fraction of sp³-hybridized carbons (Fsp3) is 0.118. The molecule has 0 aliphatic rings. The van der Waals surface area contributed by atoms with E-state index in [9.17, 15) is 0 Å². The van der Waals surface area contributed by atoms with E-state index in [0.717, 1.165) is 0 Å². The molecule has 0 atom stereocenters. The summed E-state index contributed by atoms with van der Waals surface area (Å²) < 4.78 is 0. The third-order valence-electron chi connectivity index (χ3n) is 7.52. The zero-order valence-electron chi connectivity index (χ0n) is 19.8. The maximum atomic E-state index is 2.38. The van der Waals surface area contributed by atoms with Crippen LogP contribution < -0.4 is 0 Å². The molecule has 0 fully saturated rings. The Morgan fingerprint density at radius 3 is 1.88 bits per heavy atom. The van der Waals surface area contributed by atoms with Crippen LogP contribution in [0.5, 0.6) is 0 Å². The van der Waals surface area contributed by atoms with Crippen LogP contribution in [0.4, 0.5) is 0 Å². The van der Waals surface area contributed by atoms with Crippen LogP contribution in [0.3, 0.4) is 0 Å². The van der Waals surface area contributed by atoms with Gasteiger partial charge in [-0.3, -0.25) is 0 Å². The molecule has 0 unspecified atom stereocenters. The van der Waals surface area contributed by atoms with E-state index < -0.39 is 0 Å². The van der Waals surface area contributed by atoms with Crippen molar-refractivity contribution in [3.63, 3.8) is 0 Å². The van der Waals surface area contributed by atoms with E-state index in [1.807, 2.05) is 0 Å². The monoisotopic (exact) mass is 434 g/mol. The van der Waals surface area contributed by atoms with Gasteiger partial charge in [-0.25, -0.2) is 0 Å². The molecule has 7 aromatic rings. The minimum absolute atomic E-state index is 0.130. The van der Waals surface area contributed by atoms with Gasteiger partial charge in [0.25, 0.3) is 0 Å². The molecule has 0 heterocycles. The average Bonchev–Trinajstić information content (AvgIpc) is 2.86. The van der Waals surface area contributed by atoms with Crippen molar-refractivity contribution in [2.45, 2.75) is 26.2 Å². The molecule has 0 aromatic heterocycles. The molecule has 7 aromatic carbocycles. The van der Waals surface area contributed by atoms with Crippen LogP contribution in [0.1, 0.15) is 26.3 Å². The minimum atomic E-state index is 0.130. The third kappa shape index (κ3) is 2.78. The highest BCUT2D eigenvalue weighted by Gasteiger charge is 2.18. The number of rotatable bonds is 1. The molecule has 0 aliphatic heterocycles. The quantitative estimate of drug-likeness (QED) is 0.226. The van der Waals surface area contributed by atoms with Crippen LogP contribution >= 0.6 is 0 Å². The van der Waals surface area contributed by atoms with E-state index in [0.29, 0.717) is 0 Å². The molecule has 162 valence electrons. The highest BCUT2D eigenvalue weighted by molar-refractivity contribution is 6.25. The molecule has 0 amide bonds. The van der Waals surface area contributed by atoms with Crippen molar-refractivity contribution < 1.29 is 0 Å². The van der Waals surface area contributed by atoms with Crippen molar-refractivity contribution in [3.05, 3.63) is 109 Å². The summed E-state index contributed by atoms with van der Waals surface area (Å²) in [6.45, 7) is 6.88. The highest BCUT2D eigenvalue weighted by atomic mass is 14.2. The normalized spacial score (nSPS) is 12.6. The summed E-state index contributed by atoms with van der Waals surface area (Å²) in [5.41, 5.74) is 4.10. The largest absolute Gasteiger partial charge is 0.0616 e. The fourth-order valence-electron chi connectivity index (χ4n) is 5.68. The Morgan fingerprint density at radius 2 is 1.06 bits per heavy atom. The van der Waals surface area contributed by atoms with Gasteiger partial charge in [0.15, 0.2) is 0 Å². The maximum absolute atomic E-state index is 2.38. The predicted octanol–water partition coefficient (Wildman–Crippen LogP) is 9.85. The van der Waals surface area contributed by atoms with Crippen LogP contribution in [0.2, 0.25) is 0 Å². The van der Waals surface area contributed by atoms with Gasteiger partial charge in [0.2, 0.25) is 0 Å². The van der Waals surface area contributed by atoms with Crippen molar-refractivity contribution in [3.8, 4) is 11.1 Å². The molecule has 0 aliphatic carbocycles. The van der Waals surface area contributed by atoms with Crippen LogP contribution in [0.25, 0.3) is 65.0 Å². The van der Waals surface area contributed by atoms with Crippen molar-refractivity contribution in [2.75, 3.05) is 0 Å². The zero-order chi connectivity index (χ0) is 23.0. The van der Waals surface area contributed by atoms with E-state index in [1.54, 1.807) is 0 Å². The van der Waals surface area contributed by atoms with Gasteiger partial charge in [0.05, 0.1) is 0 Å². The number of hydrogen-bond donors (Lipinski definition) is 0. The number of fused-ring (bicyclic) bond motifs is 3. The number of benzene rings is 7. The SMILES string of the molecule is CC(C)(C)c1cc2ccc3ccc(-c4ccc5c(ccc6ccccc65)c4)c4ccc(c1)c2c34. The maximum Gasteiger partial charge on any atom is -0.00206 e. The molecule has 0 nitrogen and oxygen atoms in total. The summed E-state index contributed by atoms with van der Waals surface area (Å²) in [5, 5.41) is 13.3. The molecule has 0 heteroatoms. The van der Waals surface area contributed by atoms with E-state index in [2.05, 4.69) is 124 Å². The van der Waals surface area contributed by atoms with Crippen molar-refractivity contribution >= 4 is 53.9 Å². The van der Waals surface area contributed by atoms with Gasteiger partial charge in [0.1, 0.15) is 0 Å². The lowest BCUT2D eigenvalue weighted by atomic mass is 9.82. The minimum Gasteiger partial charge on any atom is -0.0616 e. The summed E-state index contributed by atoms with van der Waals surface area (Å²) in [5.74, 6) is 0. The topological polar surface area (TPSA) is 0 Å². The zero-order valence-corrected chi connectivity index (χ0v) is 19.8. The van der Waals surface area contributed by atoms with Crippen LogP contribution in [0, 0.1) is 0 Å². The Kier molecular flexibility index (Phi) is 3.92. The molecule has 34 heavy (non-hydrogen) atoms. The first-order chi connectivity index (χ1) is 16.5. The smallest absolute Gasteiger partial charge is 0.00206 e. The lowest BCUT2D eigenvalue weighted by molar-refractivity contribution is 0.591. The van der Waals surface area contributed by atoms with Crippen LogP contribution in [-0.2, 0) is 5.41 Å². The van der Waals surface area contributed by atoms with Crippen molar-refractivity contribution in [1.29, 1.82) is 0 Å². The second-order valence-corrected chi connectivity index (χ2v) is 10.7. The molecule has 0 N–H and O–H groups in total. The Morgan fingerprint density at radius 1 is 0.441 bits per heavy atom. The molecular weight excluding hydrogens is 408 g/mol. The first-order valence-corrected chi connectivity index (χ1v) is 12.1. The Hall–Kier alpha value is -3.90. The van der Waals surface area contributed by atoms with E-state index in [1.165, 1.54) is 70.6 Å². The lowest BCUT2D eigenvalue weighted by Crippen LogP contribution is -2.10. The van der Waals surface area contributed by atoms with Gasteiger partial charge < -0.3 is 0 Å². The second kappa shape index (κ2) is 6.81. The Balaban J connectivity index is 1.51. The van der Waals surface area contributed by atoms with Gasteiger partial charge in [-0.2, -0.15) is 0 Å². The summed E-state index contributed by atoms with van der Waals surface area (Å²) in [6, 6.07) is 38.6. The second-order valence-electron chi connectivity index (χ2n) is 10.7. The summed E-state index contributed by atoms with van der Waals surface area (Å²) in [7, 11) is 0. The van der Waals surface area contributed by atoms with E-state index in [-0.39, 0.29) is 5.41 Å². The molecule has 0 bridgehead atoms. The van der Waals surface area contributed by atoms with Gasteiger partial charge in [0, 0.05) is 0 Å². The van der Waals surface area contributed by atoms with Gasteiger partial charge in [-0.1, -0.05) is 118 Å². The van der Waals surface area contributed by atoms with Gasteiger partial charge >= 0.3 is 0 Å². The molecule has 0 saturated carbocycles. The van der Waals surface area contributed by atoms with Crippen molar-refractivity contribution in [1.82, 2.24) is 0 Å². The van der Waals surface area contributed by atoms with Crippen LogP contribution in [0.15, 0.2) is 103 Å². The first kappa shape index (κ1) is 19.6. The third-order valence-corrected chi connectivity index (χ3v) is 7.52. The summed E-state index contributed by atoms with van der Waals surface area (Å²) in [4.78, 5) is 0. The van der Waals surface area contributed by atoms with Gasteiger partial charge in [-0.05, 0) is 82.0 Å². The standard InChI is InChI=1S/C34H26/c1-34(2,3)27-19-25-11-9-22-12-15-30(31-17-14-26(20-27)32(25)33(22)31)24-13-16-29-23(18-24)10-8-21-6-4-5-7-28(21)29/h4-20H,1-3H3. The van der Waals surface area contributed by atoms with Crippen LogP contribution in [-0.4, -0.2) is 0 Å². The molecule has 0 radical (unpaired) electrons. The van der Waals surface area contributed by atoms with Gasteiger partial charge in [-0.15, -0.1) is 0 Å². The Bertz CT molecular complexity index is 1860. The summed E-state index contributed by atoms with van der Waals surface area (Å²) in [6.07, 6.45) is 0. The van der Waals surface area contributed by atoms with E-state index >= 15 is 0 Å². The highest BCUT2D eigenvalue weighted by Crippen LogP contribution is 2.41. The first-order valence-electron chi connectivity index (χ1n) is 12.1. The van der Waals surface area contributed by atoms with E-state index in [4.69, 9.17) is 0 Å². The molecule has 0 spiro atoms. The fourth-order valence-corrected chi connectivity index (χ4v) is 5.68. The summed E-state index contributed by atoms with van der Waals surface area (Å²) >= 11 is 0. The number of hydrogen-bond acceptors (Lipinski definition) is 0. The Labute approximate surface area is 199 Å².